The Hall–Kier alpha value is -1.36. The van der Waals surface area contributed by atoms with Gasteiger partial charge >= 0.3 is 0 Å². The van der Waals surface area contributed by atoms with Gasteiger partial charge in [-0.15, -0.1) is 0 Å². The number of amides is 1. The van der Waals surface area contributed by atoms with Crippen molar-refractivity contribution < 1.29 is 4.79 Å². The molecule has 3 N–H and O–H groups in total. The summed E-state index contributed by atoms with van der Waals surface area (Å²) in [5, 5.41) is 3.28. The number of aryl methyl sites for hydroxylation is 1. The fourth-order valence-electron chi connectivity index (χ4n) is 2.18. The van der Waals surface area contributed by atoms with Crippen LogP contribution in [0.2, 0.25) is 0 Å². The minimum Gasteiger partial charge on any atom is -0.368 e. The number of nitrogens with one attached hydrogen (secondary N) is 1. The molecule has 0 radical (unpaired) electrons. The minimum absolute atomic E-state index is 0.262. The highest BCUT2D eigenvalue weighted by atomic mass is 16.1. The van der Waals surface area contributed by atoms with Gasteiger partial charge in [0.1, 0.15) is 12.4 Å². The first-order valence-electron chi connectivity index (χ1n) is 5.78. The van der Waals surface area contributed by atoms with Crippen LogP contribution in [0.25, 0.3) is 0 Å². The lowest BCUT2D eigenvalue weighted by atomic mass is 10.2. The summed E-state index contributed by atoms with van der Waals surface area (Å²) in [6.45, 7) is 4.12. The number of carbonyl (C=O) groups excluding carboxylic acids is 1. The lowest BCUT2D eigenvalue weighted by Crippen LogP contribution is -2.27. The number of fused-ring (bicyclic) bond motifs is 1. The molecule has 0 saturated heterocycles. The molecule has 1 amide bonds. The summed E-state index contributed by atoms with van der Waals surface area (Å²) < 4.78 is 2.00. The first-order valence-corrected chi connectivity index (χ1v) is 5.78. The Morgan fingerprint density at radius 3 is 3.12 bits per heavy atom. The summed E-state index contributed by atoms with van der Waals surface area (Å²) >= 11 is 0. The highest BCUT2D eigenvalue weighted by molar-refractivity contribution is 5.73. The molecule has 0 saturated carbocycles. The van der Waals surface area contributed by atoms with Crippen molar-refractivity contribution >= 4 is 5.91 Å². The van der Waals surface area contributed by atoms with Crippen molar-refractivity contribution in [1.82, 2.24) is 14.9 Å². The van der Waals surface area contributed by atoms with Crippen LogP contribution in [0.4, 0.5) is 0 Å². The van der Waals surface area contributed by atoms with Crippen molar-refractivity contribution in [2.24, 2.45) is 5.73 Å². The van der Waals surface area contributed by atoms with E-state index in [1.807, 2.05) is 4.57 Å². The molecule has 88 valence electrons. The third-order valence-corrected chi connectivity index (χ3v) is 2.85. The van der Waals surface area contributed by atoms with Gasteiger partial charge in [0.2, 0.25) is 5.91 Å². The van der Waals surface area contributed by atoms with Crippen LogP contribution in [0.1, 0.15) is 30.6 Å². The van der Waals surface area contributed by atoms with Gasteiger partial charge < -0.3 is 15.6 Å². The topological polar surface area (TPSA) is 72.9 Å². The lowest BCUT2D eigenvalue weighted by molar-refractivity contribution is -0.118. The molecular weight excluding hydrogens is 204 g/mol. The van der Waals surface area contributed by atoms with E-state index in [0.29, 0.717) is 0 Å². The fraction of sp³-hybridized carbons (Fsp3) is 0.636. The van der Waals surface area contributed by atoms with Gasteiger partial charge in [-0.05, 0) is 6.42 Å². The number of imidazole rings is 1. The fourth-order valence-corrected chi connectivity index (χ4v) is 2.18. The predicted molar refractivity (Wildman–Crippen MR) is 60.8 cm³/mol. The highest BCUT2D eigenvalue weighted by Gasteiger charge is 2.19. The second kappa shape index (κ2) is 4.65. The smallest absolute Gasteiger partial charge is 0.237 e. The summed E-state index contributed by atoms with van der Waals surface area (Å²) in [5.74, 6) is 0.700. The quantitative estimate of drug-likeness (QED) is 0.751. The second-order valence-electron chi connectivity index (χ2n) is 4.15. The van der Waals surface area contributed by atoms with Gasteiger partial charge in [0.25, 0.3) is 0 Å². The molecule has 1 aliphatic heterocycles. The number of carbonyl (C=O) groups is 1. The Labute approximate surface area is 95.0 Å². The van der Waals surface area contributed by atoms with Crippen LogP contribution < -0.4 is 11.1 Å². The van der Waals surface area contributed by atoms with E-state index in [9.17, 15) is 4.79 Å². The highest BCUT2D eigenvalue weighted by Crippen LogP contribution is 2.17. The molecular formula is C11H18N4O. The average Bonchev–Trinajstić information content (AvgIpc) is 2.57. The normalized spacial score (nSPS) is 14.8. The molecule has 0 unspecified atom stereocenters. The van der Waals surface area contributed by atoms with Gasteiger partial charge in [-0.3, -0.25) is 4.79 Å². The zero-order valence-electron chi connectivity index (χ0n) is 9.62. The molecule has 0 atom stereocenters. The molecule has 16 heavy (non-hydrogen) atoms. The number of primary amides is 1. The van der Waals surface area contributed by atoms with E-state index in [2.05, 4.69) is 17.2 Å². The molecule has 1 aliphatic rings. The average molecular weight is 222 g/mol. The summed E-state index contributed by atoms with van der Waals surface area (Å²) in [5.41, 5.74) is 7.54. The van der Waals surface area contributed by atoms with E-state index >= 15 is 0 Å². The monoisotopic (exact) mass is 222 g/mol. The third kappa shape index (κ3) is 2.09. The SMILES string of the molecule is CCCc1nc2c(n1CC(N)=O)CCNC2. The molecule has 1 aromatic heterocycles. The van der Waals surface area contributed by atoms with Crippen molar-refractivity contribution in [1.29, 1.82) is 0 Å². The number of aromatic nitrogens is 2. The number of hydrogen-bond donors (Lipinski definition) is 2. The van der Waals surface area contributed by atoms with Crippen LogP contribution in [-0.2, 0) is 30.7 Å². The largest absolute Gasteiger partial charge is 0.368 e. The molecule has 5 nitrogen and oxygen atoms in total. The summed E-state index contributed by atoms with van der Waals surface area (Å²) in [6, 6.07) is 0. The number of nitrogens with zero attached hydrogens (tertiary/aromatic N) is 2. The van der Waals surface area contributed by atoms with Gasteiger partial charge in [0, 0.05) is 31.6 Å². The van der Waals surface area contributed by atoms with Crippen molar-refractivity contribution in [2.45, 2.75) is 39.3 Å². The maximum atomic E-state index is 11.1. The lowest BCUT2D eigenvalue weighted by Gasteiger charge is -2.15. The third-order valence-electron chi connectivity index (χ3n) is 2.85. The van der Waals surface area contributed by atoms with Gasteiger partial charge in [-0.25, -0.2) is 4.98 Å². The maximum Gasteiger partial charge on any atom is 0.237 e. The van der Waals surface area contributed by atoms with Gasteiger partial charge in [0.15, 0.2) is 0 Å². The minimum atomic E-state index is -0.295. The van der Waals surface area contributed by atoms with Crippen molar-refractivity contribution in [3.63, 3.8) is 0 Å². The number of nitrogens with two attached hydrogens (primary N) is 1. The number of rotatable bonds is 4. The van der Waals surface area contributed by atoms with E-state index < -0.39 is 0 Å². The van der Waals surface area contributed by atoms with Gasteiger partial charge in [-0.2, -0.15) is 0 Å². The second-order valence-corrected chi connectivity index (χ2v) is 4.15. The summed E-state index contributed by atoms with van der Waals surface area (Å²) in [4.78, 5) is 15.7. The molecule has 2 rings (SSSR count). The standard InChI is InChI=1S/C11H18N4O/c1-2-3-11-14-8-6-13-5-4-9(8)15(11)7-10(12)16/h13H,2-7H2,1H3,(H2,12,16). The van der Waals surface area contributed by atoms with Crippen LogP contribution in [0.15, 0.2) is 0 Å². The van der Waals surface area contributed by atoms with Crippen molar-refractivity contribution in [2.75, 3.05) is 6.54 Å². The van der Waals surface area contributed by atoms with Crippen LogP contribution in [0, 0.1) is 0 Å². The Morgan fingerprint density at radius 2 is 2.44 bits per heavy atom. The first kappa shape index (κ1) is 11.1. The van der Waals surface area contributed by atoms with E-state index in [-0.39, 0.29) is 12.5 Å². The van der Waals surface area contributed by atoms with Crippen LogP contribution in [0.3, 0.4) is 0 Å². The van der Waals surface area contributed by atoms with Gasteiger partial charge in [0.05, 0.1) is 5.69 Å². The first-order chi connectivity index (χ1) is 7.72. The van der Waals surface area contributed by atoms with Crippen molar-refractivity contribution in [3.8, 4) is 0 Å². The zero-order chi connectivity index (χ0) is 11.5. The van der Waals surface area contributed by atoms with E-state index in [1.165, 1.54) is 5.69 Å². The van der Waals surface area contributed by atoms with Crippen molar-refractivity contribution in [3.05, 3.63) is 17.2 Å². The molecule has 5 heteroatoms. The molecule has 0 bridgehead atoms. The van der Waals surface area contributed by atoms with Crippen LogP contribution in [0.5, 0.6) is 0 Å². The maximum absolute atomic E-state index is 11.1. The molecule has 0 fully saturated rings. The molecule has 2 heterocycles. The van der Waals surface area contributed by atoms with E-state index in [1.54, 1.807) is 0 Å². The molecule has 0 aliphatic carbocycles. The van der Waals surface area contributed by atoms with Crippen LogP contribution >= 0.6 is 0 Å². The van der Waals surface area contributed by atoms with Gasteiger partial charge in [-0.1, -0.05) is 6.92 Å². The molecule has 0 aromatic carbocycles. The zero-order valence-corrected chi connectivity index (χ0v) is 9.62. The Bertz CT molecular complexity index is 397. The van der Waals surface area contributed by atoms with Crippen LogP contribution in [-0.4, -0.2) is 22.0 Å². The summed E-state index contributed by atoms with van der Waals surface area (Å²) in [7, 11) is 0. The molecule has 0 spiro atoms. The molecule has 1 aromatic rings. The van der Waals surface area contributed by atoms with E-state index in [4.69, 9.17) is 5.73 Å². The van der Waals surface area contributed by atoms with E-state index in [0.717, 1.165) is 43.9 Å². The summed E-state index contributed by atoms with van der Waals surface area (Å²) in [6.07, 6.45) is 2.86. The Morgan fingerprint density at radius 1 is 1.62 bits per heavy atom. The predicted octanol–water partition coefficient (Wildman–Crippen LogP) is -0.0334. The Kier molecular flexibility index (Phi) is 3.24. The number of hydrogen-bond acceptors (Lipinski definition) is 3. The Balaban J connectivity index is 2.35.